The van der Waals surface area contributed by atoms with Crippen LogP contribution in [0.2, 0.25) is 0 Å². The Bertz CT molecular complexity index is 65.7. The third-order valence-electron chi connectivity index (χ3n) is 0.492. The molecule has 0 aromatic rings. The fourth-order valence-electron chi connectivity index (χ4n) is 0.226. The summed E-state index contributed by atoms with van der Waals surface area (Å²) in [5, 5.41) is 0. The van der Waals surface area contributed by atoms with Crippen LogP contribution in [0.25, 0.3) is 0 Å². The molecule has 0 spiro atoms. The van der Waals surface area contributed by atoms with Crippen molar-refractivity contribution in [2.45, 2.75) is 6.42 Å². The molecule has 0 rings (SSSR count). The molecule has 0 bridgehead atoms. The predicted octanol–water partition coefficient (Wildman–Crippen LogP) is 0.411. The highest BCUT2D eigenvalue weighted by Gasteiger charge is 1.97. The maximum absolute atomic E-state index is 10.2. The second-order valence-electron chi connectivity index (χ2n) is 1.10. The van der Waals surface area contributed by atoms with Crippen molar-refractivity contribution in [3.05, 3.63) is 0 Å². The summed E-state index contributed by atoms with van der Waals surface area (Å²) in [5.74, 6) is 0.102. The monoisotopic (exact) mass is 136 g/mol. The van der Waals surface area contributed by atoms with Crippen molar-refractivity contribution in [3.63, 3.8) is 0 Å². The number of rotatable bonds is 3. The summed E-state index contributed by atoms with van der Waals surface area (Å²) < 4.78 is 0. The predicted molar refractivity (Wildman–Crippen MR) is 31.6 cm³/mol. The summed E-state index contributed by atoms with van der Waals surface area (Å²) in [6.07, 6.45) is 0.289. The average Bonchev–Trinajstić information content (AvgIpc) is 1.68. The van der Waals surface area contributed by atoms with Crippen LogP contribution in [-0.4, -0.2) is 18.8 Å². The van der Waals surface area contributed by atoms with Gasteiger partial charge in [0.1, 0.15) is 0 Å². The average molecular weight is 136 g/mol. The fourth-order valence-corrected chi connectivity index (χ4v) is 0.408. The molecule has 0 fully saturated rings. The molecule has 8 heavy (non-hydrogen) atoms. The van der Waals surface area contributed by atoms with Crippen molar-refractivity contribution in [2.75, 3.05) is 12.9 Å². The third-order valence-corrected chi connectivity index (χ3v) is 0.716. The van der Waals surface area contributed by atoms with Crippen molar-refractivity contribution in [1.82, 2.24) is 0 Å². The van der Waals surface area contributed by atoms with E-state index < -0.39 is 0 Å². The molecule has 0 aromatic carbocycles. The lowest BCUT2D eigenvalue weighted by Crippen LogP contribution is -2.02. The minimum Gasteiger partial charge on any atom is -0.299 e. The largest absolute Gasteiger partial charge is 0.343 e. The van der Waals surface area contributed by atoms with Crippen LogP contribution in [0.1, 0.15) is 6.42 Å². The normalized spacial score (nSPS) is 8.75. The first-order chi connectivity index (χ1) is 3.81. The Morgan fingerprint density at radius 1 is 1.75 bits per heavy atom. The zero-order valence-corrected chi connectivity index (χ0v) is 5.48. The number of thiol groups is 1. The summed E-state index contributed by atoms with van der Waals surface area (Å²) >= 11 is 3.80. The zero-order valence-electron chi connectivity index (χ0n) is 4.59. The first-order valence-corrected chi connectivity index (χ1v) is 2.79. The first-order valence-electron chi connectivity index (χ1n) is 2.15. The van der Waals surface area contributed by atoms with Gasteiger partial charge in [0.25, 0.3) is 0 Å². The Kier molecular flexibility index (Phi) is 4.79. The van der Waals surface area contributed by atoms with Crippen LogP contribution in [0, 0.1) is 0 Å². The van der Waals surface area contributed by atoms with E-state index >= 15 is 0 Å². The lowest BCUT2D eigenvalue weighted by atomic mass is 10.5. The summed E-state index contributed by atoms with van der Waals surface area (Å²) in [4.78, 5) is 18.4. The molecule has 0 heterocycles. The maximum atomic E-state index is 10.2. The van der Waals surface area contributed by atoms with Crippen LogP contribution in [0.5, 0.6) is 0 Å². The molecule has 0 aliphatic rings. The summed E-state index contributed by atoms with van der Waals surface area (Å²) in [7, 11) is 1.29. The van der Waals surface area contributed by atoms with Crippen molar-refractivity contribution >= 4 is 18.6 Å². The van der Waals surface area contributed by atoms with E-state index in [0.29, 0.717) is 5.75 Å². The zero-order chi connectivity index (χ0) is 6.41. The minimum absolute atomic E-state index is 0.289. The van der Waals surface area contributed by atoms with E-state index in [1.165, 1.54) is 7.11 Å². The number of hydrogen-bond donors (Lipinski definition) is 1. The van der Waals surface area contributed by atoms with Gasteiger partial charge in [0, 0.05) is 5.75 Å². The Morgan fingerprint density at radius 3 is 2.75 bits per heavy atom. The molecule has 0 aromatic heterocycles. The molecule has 4 heteroatoms. The van der Waals surface area contributed by atoms with Gasteiger partial charge in [-0.2, -0.15) is 17.5 Å². The number of hydrogen-bond acceptors (Lipinski definition) is 4. The highest BCUT2D eigenvalue weighted by molar-refractivity contribution is 7.80. The molecule has 0 aliphatic carbocycles. The molecule has 3 nitrogen and oxygen atoms in total. The van der Waals surface area contributed by atoms with Gasteiger partial charge in [-0.3, -0.25) is 4.89 Å². The van der Waals surface area contributed by atoms with Crippen molar-refractivity contribution in [3.8, 4) is 0 Å². The summed E-state index contributed by atoms with van der Waals surface area (Å²) in [6, 6.07) is 0. The molecular weight excluding hydrogens is 128 g/mol. The van der Waals surface area contributed by atoms with Crippen molar-refractivity contribution in [2.24, 2.45) is 0 Å². The van der Waals surface area contributed by atoms with Gasteiger partial charge < -0.3 is 0 Å². The van der Waals surface area contributed by atoms with Crippen LogP contribution in [0.3, 0.4) is 0 Å². The lowest BCUT2D eigenvalue weighted by Gasteiger charge is -1.94. The van der Waals surface area contributed by atoms with Crippen LogP contribution in [0.4, 0.5) is 0 Å². The minimum atomic E-state index is -0.387. The molecule has 0 unspecified atom stereocenters. The van der Waals surface area contributed by atoms with Gasteiger partial charge >= 0.3 is 5.97 Å². The van der Waals surface area contributed by atoms with Gasteiger partial charge in [-0.05, 0) is 0 Å². The van der Waals surface area contributed by atoms with E-state index in [1.54, 1.807) is 0 Å². The van der Waals surface area contributed by atoms with Gasteiger partial charge in [0.15, 0.2) is 0 Å². The molecule has 0 saturated carbocycles. The van der Waals surface area contributed by atoms with E-state index in [1.807, 2.05) is 0 Å². The van der Waals surface area contributed by atoms with E-state index in [4.69, 9.17) is 0 Å². The second kappa shape index (κ2) is 4.93. The van der Waals surface area contributed by atoms with E-state index in [9.17, 15) is 4.79 Å². The Hall–Kier alpha value is -0.220. The summed E-state index contributed by atoms with van der Waals surface area (Å²) in [5.41, 5.74) is 0. The molecule has 0 radical (unpaired) electrons. The fraction of sp³-hybridized carbons (Fsp3) is 0.750. The highest BCUT2D eigenvalue weighted by atomic mass is 32.1. The molecular formula is C4H8O3S. The van der Waals surface area contributed by atoms with Crippen LogP contribution >= 0.6 is 12.6 Å². The Balaban J connectivity index is 3.06. The topological polar surface area (TPSA) is 35.5 Å². The standard InChI is InChI=1S/C4H8O3S/c1-6-7-4(5)2-3-8/h8H,2-3H2,1H3. The Labute approximate surface area is 53.3 Å². The van der Waals surface area contributed by atoms with Crippen LogP contribution < -0.4 is 0 Å². The van der Waals surface area contributed by atoms with Gasteiger partial charge in [0.2, 0.25) is 0 Å². The molecule has 0 amide bonds. The smallest absolute Gasteiger partial charge is 0.299 e. The lowest BCUT2D eigenvalue weighted by molar-refractivity contribution is -0.254. The van der Waals surface area contributed by atoms with Gasteiger partial charge in [-0.25, -0.2) is 4.79 Å². The molecule has 0 saturated heterocycles. The number of carbonyl (C=O) groups is 1. The van der Waals surface area contributed by atoms with Crippen molar-refractivity contribution < 1.29 is 14.6 Å². The molecule has 0 N–H and O–H groups in total. The van der Waals surface area contributed by atoms with Gasteiger partial charge in [-0.1, -0.05) is 0 Å². The molecule has 48 valence electrons. The van der Waals surface area contributed by atoms with Crippen LogP contribution in [0.15, 0.2) is 0 Å². The SMILES string of the molecule is COOC(=O)CCS. The number of carbonyl (C=O) groups excluding carboxylic acids is 1. The van der Waals surface area contributed by atoms with Crippen LogP contribution in [-0.2, 0) is 14.6 Å². The second-order valence-corrected chi connectivity index (χ2v) is 1.54. The third kappa shape index (κ3) is 3.95. The van der Waals surface area contributed by atoms with Gasteiger partial charge in [-0.15, -0.1) is 0 Å². The van der Waals surface area contributed by atoms with Gasteiger partial charge in [0.05, 0.1) is 13.5 Å². The molecule has 0 atom stereocenters. The van der Waals surface area contributed by atoms with E-state index in [2.05, 4.69) is 22.4 Å². The Morgan fingerprint density at radius 2 is 2.38 bits per heavy atom. The van der Waals surface area contributed by atoms with E-state index in [-0.39, 0.29) is 12.4 Å². The first kappa shape index (κ1) is 7.78. The highest BCUT2D eigenvalue weighted by Crippen LogP contribution is 1.87. The van der Waals surface area contributed by atoms with Crippen molar-refractivity contribution in [1.29, 1.82) is 0 Å². The molecule has 0 aliphatic heterocycles. The summed E-state index contributed by atoms with van der Waals surface area (Å²) in [6.45, 7) is 0. The maximum Gasteiger partial charge on any atom is 0.343 e. The van der Waals surface area contributed by atoms with E-state index in [0.717, 1.165) is 0 Å². The quantitative estimate of drug-likeness (QED) is 0.347.